The topological polar surface area (TPSA) is 55.3 Å². The second kappa shape index (κ2) is 3.85. The average Bonchev–Trinajstić information content (AvgIpc) is 2.66. The van der Waals surface area contributed by atoms with Gasteiger partial charge in [-0.25, -0.2) is 0 Å². The van der Waals surface area contributed by atoms with Gasteiger partial charge in [0.1, 0.15) is 6.26 Å². The molecule has 0 saturated carbocycles. The highest BCUT2D eigenvalue weighted by molar-refractivity contribution is 5.27. The van der Waals surface area contributed by atoms with E-state index in [-0.39, 0.29) is 0 Å². The quantitative estimate of drug-likeness (QED) is 0.806. The first-order chi connectivity index (χ1) is 7.11. The molecule has 0 bridgehead atoms. The molecule has 1 aliphatic rings. The van der Waals surface area contributed by atoms with E-state index in [0.717, 1.165) is 24.8 Å². The minimum atomic E-state index is 0.447. The van der Waals surface area contributed by atoms with Gasteiger partial charge in [0, 0.05) is 19.6 Å². The Kier molecular flexibility index (Phi) is 2.69. The van der Waals surface area contributed by atoms with Crippen molar-refractivity contribution in [3.63, 3.8) is 0 Å². The van der Waals surface area contributed by atoms with Gasteiger partial charge in [0.2, 0.25) is 0 Å². The van der Waals surface area contributed by atoms with Crippen LogP contribution in [0.5, 0.6) is 0 Å². The van der Waals surface area contributed by atoms with Crippen LogP contribution in [0, 0.1) is 5.41 Å². The van der Waals surface area contributed by atoms with Crippen LogP contribution in [-0.4, -0.2) is 18.1 Å². The molecule has 0 aromatic carbocycles. The maximum absolute atomic E-state index is 5.49. The highest BCUT2D eigenvalue weighted by Gasteiger charge is 2.27. The van der Waals surface area contributed by atoms with Gasteiger partial charge in [0.05, 0.1) is 5.69 Å². The molecule has 0 spiro atoms. The summed E-state index contributed by atoms with van der Waals surface area (Å²) in [6.45, 7) is 7.12. The van der Waals surface area contributed by atoms with E-state index in [4.69, 9.17) is 10.2 Å². The summed E-state index contributed by atoms with van der Waals surface area (Å²) >= 11 is 0. The minimum absolute atomic E-state index is 0.447. The lowest BCUT2D eigenvalue weighted by molar-refractivity contribution is 0.273. The van der Waals surface area contributed by atoms with E-state index in [1.165, 1.54) is 12.8 Å². The molecular weight excluding hydrogens is 190 g/mol. The number of nitrogens with zero attached hydrogens (tertiary/aromatic N) is 2. The van der Waals surface area contributed by atoms with Gasteiger partial charge in [-0.2, -0.15) is 4.98 Å². The van der Waals surface area contributed by atoms with Crippen molar-refractivity contribution in [2.75, 3.05) is 18.0 Å². The van der Waals surface area contributed by atoms with E-state index in [0.29, 0.717) is 12.0 Å². The van der Waals surface area contributed by atoms with Gasteiger partial charge < -0.3 is 15.1 Å². The highest BCUT2D eigenvalue weighted by Crippen LogP contribution is 2.31. The molecule has 1 aliphatic heterocycles. The third-order valence-corrected chi connectivity index (χ3v) is 3.14. The van der Waals surface area contributed by atoms with Gasteiger partial charge in [-0.15, -0.1) is 0 Å². The zero-order valence-corrected chi connectivity index (χ0v) is 9.49. The molecule has 1 saturated heterocycles. The fourth-order valence-electron chi connectivity index (χ4n) is 1.84. The Hall–Kier alpha value is -1.03. The Bertz CT molecular complexity index is 322. The summed E-state index contributed by atoms with van der Waals surface area (Å²) in [5, 5.41) is 0. The summed E-state index contributed by atoms with van der Waals surface area (Å²) in [4.78, 5) is 6.53. The first-order valence-corrected chi connectivity index (χ1v) is 5.50. The van der Waals surface area contributed by atoms with Gasteiger partial charge >= 0.3 is 0 Å². The van der Waals surface area contributed by atoms with Crippen molar-refractivity contribution in [2.24, 2.45) is 11.1 Å². The summed E-state index contributed by atoms with van der Waals surface area (Å²) in [5.41, 5.74) is 6.78. The monoisotopic (exact) mass is 209 g/mol. The predicted octanol–water partition coefficient (Wildman–Crippen LogP) is 1.76. The summed E-state index contributed by atoms with van der Waals surface area (Å²) < 4.78 is 5.40. The molecule has 4 nitrogen and oxygen atoms in total. The van der Waals surface area contributed by atoms with Crippen molar-refractivity contribution in [3.05, 3.63) is 12.0 Å². The number of piperidine rings is 1. The number of hydrogen-bond donors (Lipinski definition) is 1. The van der Waals surface area contributed by atoms with Crippen LogP contribution in [0.3, 0.4) is 0 Å². The van der Waals surface area contributed by atoms with Crippen molar-refractivity contribution < 1.29 is 4.42 Å². The van der Waals surface area contributed by atoms with E-state index in [2.05, 4.69) is 23.7 Å². The van der Waals surface area contributed by atoms with Crippen LogP contribution in [0.4, 0.5) is 6.01 Å². The Morgan fingerprint density at radius 1 is 1.47 bits per heavy atom. The molecule has 0 unspecified atom stereocenters. The lowest BCUT2D eigenvalue weighted by atomic mass is 9.83. The number of nitrogens with two attached hydrogens (primary N) is 1. The predicted molar refractivity (Wildman–Crippen MR) is 59.6 cm³/mol. The van der Waals surface area contributed by atoms with Gasteiger partial charge in [0.15, 0.2) is 0 Å². The molecule has 0 aliphatic carbocycles. The third-order valence-electron chi connectivity index (χ3n) is 3.14. The summed E-state index contributed by atoms with van der Waals surface area (Å²) in [6.07, 6.45) is 4.02. The van der Waals surface area contributed by atoms with Crippen molar-refractivity contribution >= 4 is 6.01 Å². The minimum Gasteiger partial charge on any atom is -0.432 e. The molecule has 84 valence electrons. The van der Waals surface area contributed by atoms with Crippen LogP contribution in [0.1, 0.15) is 32.4 Å². The average molecular weight is 209 g/mol. The fraction of sp³-hybridized carbons (Fsp3) is 0.727. The first kappa shape index (κ1) is 10.5. The van der Waals surface area contributed by atoms with Gasteiger partial charge in [-0.3, -0.25) is 0 Å². The molecule has 0 radical (unpaired) electrons. The highest BCUT2D eigenvalue weighted by atomic mass is 16.4. The van der Waals surface area contributed by atoms with E-state index in [9.17, 15) is 0 Å². The van der Waals surface area contributed by atoms with Crippen molar-refractivity contribution in [1.82, 2.24) is 4.98 Å². The zero-order chi connectivity index (χ0) is 10.9. The lowest BCUT2D eigenvalue weighted by Gasteiger charge is -2.35. The molecule has 1 aromatic heterocycles. The molecule has 2 N–H and O–H groups in total. The van der Waals surface area contributed by atoms with Crippen molar-refractivity contribution in [2.45, 2.75) is 33.2 Å². The second-order valence-corrected chi connectivity index (χ2v) is 4.98. The van der Waals surface area contributed by atoms with Crippen LogP contribution in [0.2, 0.25) is 0 Å². The zero-order valence-electron chi connectivity index (χ0n) is 9.49. The SMILES string of the molecule is CC1(C)CCN(c2nc(CN)co2)CC1. The van der Waals surface area contributed by atoms with Crippen LogP contribution in [0.15, 0.2) is 10.7 Å². The summed E-state index contributed by atoms with van der Waals surface area (Å²) in [5.74, 6) is 0. The summed E-state index contributed by atoms with van der Waals surface area (Å²) in [7, 11) is 0. The van der Waals surface area contributed by atoms with E-state index in [1.807, 2.05) is 0 Å². The van der Waals surface area contributed by atoms with E-state index < -0.39 is 0 Å². The van der Waals surface area contributed by atoms with Crippen LogP contribution < -0.4 is 10.6 Å². The van der Waals surface area contributed by atoms with Crippen molar-refractivity contribution in [3.8, 4) is 0 Å². The third kappa shape index (κ3) is 2.31. The van der Waals surface area contributed by atoms with Gasteiger partial charge in [-0.1, -0.05) is 13.8 Å². The number of rotatable bonds is 2. The summed E-state index contributed by atoms with van der Waals surface area (Å²) in [6, 6.07) is 0.728. The molecule has 2 heterocycles. The molecule has 0 atom stereocenters. The Balaban J connectivity index is 2.01. The standard InChI is InChI=1S/C11H19N3O/c1-11(2)3-5-14(6-4-11)10-13-9(7-12)8-15-10/h8H,3-7,12H2,1-2H3. The Labute approximate surface area is 90.5 Å². The van der Waals surface area contributed by atoms with E-state index in [1.54, 1.807) is 6.26 Å². The lowest BCUT2D eigenvalue weighted by Crippen LogP contribution is -2.37. The van der Waals surface area contributed by atoms with E-state index >= 15 is 0 Å². The molecule has 0 amide bonds. The maximum Gasteiger partial charge on any atom is 0.297 e. The van der Waals surface area contributed by atoms with Gasteiger partial charge in [-0.05, 0) is 18.3 Å². The molecule has 1 aromatic rings. The number of hydrogen-bond acceptors (Lipinski definition) is 4. The number of oxazole rings is 1. The van der Waals surface area contributed by atoms with Crippen LogP contribution in [0.25, 0.3) is 0 Å². The van der Waals surface area contributed by atoms with Crippen molar-refractivity contribution in [1.29, 1.82) is 0 Å². The van der Waals surface area contributed by atoms with Gasteiger partial charge in [0.25, 0.3) is 6.01 Å². The smallest absolute Gasteiger partial charge is 0.297 e. The molecule has 1 fully saturated rings. The Morgan fingerprint density at radius 3 is 2.67 bits per heavy atom. The molecular formula is C11H19N3O. The molecule has 15 heavy (non-hydrogen) atoms. The Morgan fingerprint density at radius 2 is 2.13 bits per heavy atom. The number of aromatic nitrogens is 1. The van der Waals surface area contributed by atoms with Crippen LogP contribution >= 0.6 is 0 Å². The van der Waals surface area contributed by atoms with Crippen LogP contribution in [-0.2, 0) is 6.54 Å². The molecule has 2 rings (SSSR count). The second-order valence-electron chi connectivity index (χ2n) is 4.98. The largest absolute Gasteiger partial charge is 0.432 e. The molecule has 4 heteroatoms. The number of anilines is 1. The normalized spacial score (nSPS) is 20.6. The fourth-order valence-corrected chi connectivity index (χ4v) is 1.84. The maximum atomic E-state index is 5.49. The first-order valence-electron chi connectivity index (χ1n) is 5.50.